The van der Waals surface area contributed by atoms with Crippen molar-refractivity contribution in [2.45, 2.75) is 51.6 Å². The number of amides is 2. The number of hydrogen-bond acceptors (Lipinski definition) is 4. The molecule has 2 heterocycles. The molecule has 0 atom stereocenters. The molecule has 0 spiro atoms. The van der Waals surface area contributed by atoms with Crippen LogP contribution >= 0.6 is 0 Å². The Morgan fingerprint density at radius 3 is 2.21 bits per heavy atom. The molecule has 3 N–H and O–H groups in total. The van der Waals surface area contributed by atoms with Crippen LogP contribution in [0.25, 0.3) is 0 Å². The highest BCUT2D eigenvalue weighted by molar-refractivity contribution is 5.76. The number of benzene rings is 1. The maximum Gasteiger partial charge on any atom is 0.221 e. The fourth-order valence-corrected chi connectivity index (χ4v) is 4.13. The summed E-state index contributed by atoms with van der Waals surface area (Å²) in [6, 6.07) is 8.46. The van der Waals surface area contributed by atoms with Crippen LogP contribution in [0.1, 0.15) is 49.7 Å². The molecule has 28 heavy (non-hydrogen) atoms. The van der Waals surface area contributed by atoms with Gasteiger partial charge in [0.2, 0.25) is 11.8 Å². The van der Waals surface area contributed by atoms with E-state index in [2.05, 4.69) is 39.4 Å². The first-order valence-corrected chi connectivity index (χ1v) is 10.7. The molecule has 0 saturated carbocycles. The third-order valence-corrected chi connectivity index (χ3v) is 6.01. The van der Waals surface area contributed by atoms with Crippen LogP contribution in [0, 0.1) is 5.92 Å². The molecule has 2 aliphatic rings. The minimum absolute atomic E-state index is 0.0390. The number of nitrogens with zero attached hydrogens (tertiary/aromatic N) is 2. The number of primary amides is 1. The van der Waals surface area contributed by atoms with Crippen LogP contribution in [0.5, 0.6) is 0 Å². The van der Waals surface area contributed by atoms with Gasteiger partial charge in [0.1, 0.15) is 0 Å². The van der Waals surface area contributed by atoms with Gasteiger partial charge in [-0.05, 0) is 63.0 Å². The third-order valence-electron chi connectivity index (χ3n) is 6.01. The summed E-state index contributed by atoms with van der Waals surface area (Å²) in [6.07, 6.45) is 6.14. The number of rotatable bonds is 8. The average Bonchev–Trinajstić information content (AvgIpc) is 2.73. The zero-order chi connectivity index (χ0) is 19.8. The van der Waals surface area contributed by atoms with E-state index in [1.807, 2.05) is 0 Å². The van der Waals surface area contributed by atoms with Gasteiger partial charge in [0, 0.05) is 32.0 Å². The van der Waals surface area contributed by atoms with Crippen LogP contribution in [0.15, 0.2) is 24.3 Å². The van der Waals surface area contributed by atoms with Crippen molar-refractivity contribution in [3.8, 4) is 0 Å². The Hall–Kier alpha value is -1.92. The van der Waals surface area contributed by atoms with Gasteiger partial charge >= 0.3 is 0 Å². The van der Waals surface area contributed by atoms with Gasteiger partial charge in [0.15, 0.2) is 0 Å². The van der Waals surface area contributed by atoms with Crippen molar-refractivity contribution in [1.82, 2.24) is 15.1 Å². The smallest absolute Gasteiger partial charge is 0.221 e. The van der Waals surface area contributed by atoms with E-state index in [4.69, 9.17) is 5.73 Å². The number of nitrogens with two attached hydrogens (primary N) is 1. The Morgan fingerprint density at radius 2 is 1.57 bits per heavy atom. The lowest BCUT2D eigenvalue weighted by atomic mass is 9.96. The van der Waals surface area contributed by atoms with Crippen molar-refractivity contribution >= 4 is 11.8 Å². The highest BCUT2D eigenvalue weighted by atomic mass is 16.2. The highest BCUT2D eigenvalue weighted by Crippen LogP contribution is 2.19. The molecule has 6 heteroatoms. The number of carbonyl (C=O) groups excluding carboxylic acids is 2. The standard InChI is InChI=1S/C22H34N4O2/c23-22(28)20-8-13-26(14-9-20)17-19-6-4-18(5-7-19)16-24-21(27)10-15-25-11-2-1-3-12-25/h4-7,20H,1-3,8-17H2,(H2,23,28)(H,24,27). The van der Waals surface area contributed by atoms with E-state index in [1.54, 1.807) is 0 Å². The topological polar surface area (TPSA) is 78.7 Å². The summed E-state index contributed by atoms with van der Waals surface area (Å²) >= 11 is 0. The number of piperidine rings is 2. The quantitative estimate of drug-likeness (QED) is 0.715. The van der Waals surface area contributed by atoms with Crippen molar-refractivity contribution < 1.29 is 9.59 Å². The average molecular weight is 387 g/mol. The third kappa shape index (κ3) is 6.60. The Balaban J connectivity index is 1.35. The molecule has 2 aliphatic heterocycles. The zero-order valence-electron chi connectivity index (χ0n) is 16.9. The summed E-state index contributed by atoms with van der Waals surface area (Å²) in [7, 11) is 0. The molecule has 1 aromatic carbocycles. The second-order valence-electron chi connectivity index (χ2n) is 8.20. The number of hydrogen-bond donors (Lipinski definition) is 2. The molecule has 0 aliphatic carbocycles. The molecule has 2 saturated heterocycles. The Morgan fingerprint density at radius 1 is 0.929 bits per heavy atom. The minimum atomic E-state index is -0.165. The van der Waals surface area contributed by atoms with E-state index in [-0.39, 0.29) is 17.7 Å². The van der Waals surface area contributed by atoms with E-state index < -0.39 is 0 Å². The molecule has 2 fully saturated rings. The van der Waals surface area contributed by atoms with Crippen LogP contribution in [0.2, 0.25) is 0 Å². The SMILES string of the molecule is NC(=O)C1CCN(Cc2ccc(CNC(=O)CCN3CCCCC3)cc2)CC1. The molecular weight excluding hydrogens is 352 g/mol. The fourth-order valence-electron chi connectivity index (χ4n) is 4.13. The first-order valence-electron chi connectivity index (χ1n) is 10.7. The summed E-state index contributed by atoms with van der Waals surface area (Å²) in [5.41, 5.74) is 7.79. The Bertz CT molecular complexity index is 632. The lowest BCUT2D eigenvalue weighted by Gasteiger charge is -2.30. The molecule has 3 rings (SSSR count). The van der Waals surface area contributed by atoms with Gasteiger partial charge in [-0.15, -0.1) is 0 Å². The second-order valence-corrected chi connectivity index (χ2v) is 8.20. The highest BCUT2D eigenvalue weighted by Gasteiger charge is 2.22. The van der Waals surface area contributed by atoms with E-state index >= 15 is 0 Å². The fraction of sp³-hybridized carbons (Fsp3) is 0.636. The summed E-state index contributed by atoms with van der Waals surface area (Å²) in [4.78, 5) is 28.1. The van der Waals surface area contributed by atoms with Gasteiger partial charge in [-0.25, -0.2) is 0 Å². The van der Waals surface area contributed by atoms with E-state index in [0.29, 0.717) is 13.0 Å². The van der Waals surface area contributed by atoms with Gasteiger partial charge in [-0.1, -0.05) is 30.7 Å². The van der Waals surface area contributed by atoms with Crippen molar-refractivity contribution in [2.24, 2.45) is 11.7 Å². The molecule has 0 bridgehead atoms. The van der Waals surface area contributed by atoms with Crippen LogP contribution in [-0.2, 0) is 22.7 Å². The predicted molar refractivity (Wildman–Crippen MR) is 110 cm³/mol. The van der Waals surface area contributed by atoms with Crippen LogP contribution in [-0.4, -0.2) is 54.3 Å². The largest absolute Gasteiger partial charge is 0.369 e. The molecule has 6 nitrogen and oxygen atoms in total. The maximum atomic E-state index is 12.1. The molecular formula is C22H34N4O2. The summed E-state index contributed by atoms with van der Waals surface area (Å²) in [5, 5.41) is 3.04. The number of carbonyl (C=O) groups is 2. The molecule has 1 aromatic rings. The molecule has 0 unspecified atom stereocenters. The van der Waals surface area contributed by atoms with Gasteiger partial charge < -0.3 is 16.0 Å². The molecule has 0 radical (unpaired) electrons. The lowest BCUT2D eigenvalue weighted by molar-refractivity contribution is -0.123. The monoisotopic (exact) mass is 386 g/mol. The van der Waals surface area contributed by atoms with Crippen LogP contribution in [0.3, 0.4) is 0 Å². The van der Waals surface area contributed by atoms with Crippen LogP contribution < -0.4 is 11.1 Å². The van der Waals surface area contributed by atoms with E-state index in [9.17, 15) is 9.59 Å². The van der Waals surface area contributed by atoms with Gasteiger partial charge in [-0.3, -0.25) is 14.5 Å². The molecule has 0 aromatic heterocycles. The first-order chi connectivity index (χ1) is 13.6. The molecule has 154 valence electrons. The predicted octanol–water partition coefficient (Wildman–Crippen LogP) is 1.88. The lowest BCUT2D eigenvalue weighted by Crippen LogP contribution is -2.38. The Kier molecular flexibility index (Phi) is 7.86. The zero-order valence-corrected chi connectivity index (χ0v) is 16.9. The second kappa shape index (κ2) is 10.6. The van der Waals surface area contributed by atoms with Crippen molar-refractivity contribution in [2.75, 3.05) is 32.7 Å². The van der Waals surface area contributed by atoms with Crippen molar-refractivity contribution in [1.29, 1.82) is 0 Å². The summed E-state index contributed by atoms with van der Waals surface area (Å²) < 4.78 is 0. The maximum absolute atomic E-state index is 12.1. The van der Waals surface area contributed by atoms with Gasteiger partial charge in [0.25, 0.3) is 0 Å². The van der Waals surface area contributed by atoms with E-state index in [0.717, 1.165) is 57.7 Å². The van der Waals surface area contributed by atoms with Crippen molar-refractivity contribution in [3.63, 3.8) is 0 Å². The van der Waals surface area contributed by atoms with Crippen LogP contribution in [0.4, 0.5) is 0 Å². The summed E-state index contributed by atoms with van der Waals surface area (Å²) in [5.74, 6) is 0.00565. The van der Waals surface area contributed by atoms with Crippen molar-refractivity contribution in [3.05, 3.63) is 35.4 Å². The van der Waals surface area contributed by atoms with E-state index in [1.165, 1.54) is 24.8 Å². The van der Waals surface area contributed by atoms with Gasteiger partial charge in [0.05, 0.1) is 0 Å². The first kappa shape index (κ1) is 20.8. The number of likely N-dealkylation sites (tertiary alicyclic amines) is 2. The number of nitrogens with one attached hydrogen (secondary N) is 1. The normalized spacial score (nSPS) is 19.4. The van der Waals surface area contributed by atoms with Gasteiger partial charge in [-0.2, -0.15) is 0 Å². The minimum Gasteiger partial charge on any atom is -0.369 e. The Labute approximate surface area is 168 Å². The molecule has 2 amide bonds. The summed E-state index contributed by atoms with van der Waals surface area (Å²) in [6.45, 7) is 6.46.